The van der Waals surface area contributed by atoms with E-state index in [9.17, 15) is 0 Å². The van der Waals surface area contributed by atoms with E-state index in [1.807, 2.05) is 0 Å². The maximum absolute atomic E-state index is 2.12. The van der Waals surface area contributed by atoms with Crippen molar-refractivity contribution >= 4 is 11.4 Å². The topological polar surface area (TPSA) is 6.48 Å². The van der Waals surface area contributed by atoms with Crippen LogP contribution in [0.15, 0.2) is 24.3 Å². The molecule has 0 amide bonds. The maximum atomic E-state index is 2.12. The molecule has 0 spiro atoms. The van der Waals surface area contributed by atoms with Gasteiger partial charge in [-0.1, -0.05) is 12.1 Å². The molecule has 0 atom stereocenters. The number of rotatable bonds is 2. The summed E-state index contributed by atoms with van der Waals surface area (Å²) < 4.78 is 0. The Labute approximate surface area is 74.4 Å². The van der Waals surface area contributed by atoms with Crippen LogP contribution in [-0.4, -0.2) is 28.2 Å². The van der Waals surface area contributed by atoms with Crippen molar-refractivity contribution in [2.75, 3.05) is 38.0 Å². The summed E-state index contributed by atoms with van der Waals surface area (Å²) in [6, 6.07) is 8.36. The van der Waals surface area contributed by atoms with Gasteiger partial charge in [0.2, 0.25) is 0 Å². The standard InChI is InChI=1S/C10H16N2/c1-11(2)9-7-5-6-8-10(9)12(3)4/h5-8H,1-4H3. The minimum absolute atomic E-state index is 1.25. The Balaban J connectivity index is 3.09. The van der Waals surface area contributed by atoms with Gasteiger partial charge in [-0.2, -0.15) is 0 Å². The van der Waals surface area contributed by atoms with Crippen LogP contribution in [0.2, 0.25) is 0 Å². The molecule has 0 N–H and O–H groups in total. The molecule has 1 aromatic rings. The van der Waals surface area contributed by atoms with Crippen LogP contribution in [0.3, 0.4) is 0 Å². The van der Waals surface area contributed by atoms with Crippen LogP contribution in [0.5, 0.6) is 0 Å². The molecule has 0 saturated carbocycles. The molecule has 0 saturated heterocycles. The molecule has 0 heterocycles. The van der Waals surface area contributed by atoms with Gasteiger partial charge in [-0.15, -0.1) is 0 Å². The summed E-state index contributed by atoms with van der Waals surface area (Å²) in [6.07, 6.45) is 0. The smallest absolute Gasteiger partial charge is 0.0598 e. The van der Waals surface area contributed by atoms with Crippen LogP contribution in [0.25, 0.3) is 0 Å². The van der Waals surface area contributed by atoms with E-state index < -0.39 is 0 Å². The van der Waals surface area contributed by atoms with E-state index in [1.54, 1.807) is 0 Å². The molecular formula is C10H16N2. The highest BCUT2D eigenvalue weighted by molar-refractivity contribution is 5.70. The van der Waals surface area contributed by atoms with E-state index in [2.05, 4.69) is 62.3 Å². The van der Waals surface area contributed by atoms with Gasteiger partial charge in [0.1, 0.15) is 0 Å². The van der Waals surface area contributed by atoms with Gasteiger partial charge in [0, 0.05) is 28.2 Å². The van der Waals surface area contributed by atoms with Crippen molar-refractivity contribution in [3.63, 3.8) is 0 Å². The lowest BCUT2D eigenvalue weighted by Gasteiger charge is -2.22. The van der Waals surface area contributed by atoms with Crippen molar-refractivity contribution in [1.82, 2.24) is 0 Å². The number of hydrogen-bond donors (Lipinski definition) is 0. The highest BCUT2D eigenvalue weighted by atomic mass is 15.1. The fourth-order valence-corrected chi connectivity index (χ4v) is 1.22. The van der Waals surface area contributed by atoms with Crippen LogP contribution in [0.1, 0.15) is 0 Å². The Morgan fingerprint density at radius 1 is 0.750 bits per heavy atom. The van der Waals surface area contributed by atoms with E-state index in [0.29, 0.717) is 0 Å². The third-order valence-electron chi connectivity index (χ3n) is 1.85. The minimum atomic E-state index is 1.25. The molecule has 0 aromatic heterocycles. The van der Waals surface area contributed by atoms with E-state index >= 15 is 0 Å². The zero-order chi connectivity index (χ0) is 9.14. The van der Waals surface area contributed by atoms with Gasteiger partial charge in [-0.05, 0) is 12.1 Å². The van der Waals surface area contributed by atoms with Gasteiger partial charge < -0.3 is 9.80 Å². The molecule has 0 aliphatic heterocycles. The monoisotopic (exact) mass is 164 g/mol. The van der Waals surface area contributed by atoms with E-state index in [-0.39, 0.29) is 0 Å². The summed E-state index contributed by atoms with van der Waals surface area (Å²) in [7, 11) is 8.23. The lowest BCUT2D eigenvalue weighted by atomic mass is 10.2. The predicted octanol–water partition coefficient (Wildman–Crippen LogP) is 1.82. The predicted molar refractivity (Wildman–Crippen MR) is 55.1 cm³/mol. The number of benzene rings is 1. The Morgan fingerprint density at radius 3 is 1.33 bits per heavy atom. The summed E-state index contributed by atoms with van der Waals surface area (Å²) in [4.78, 5) is 4.24. The molecule has 0 aliphatic rings. The van der Waals surface area contributed by atoms with Crippen molar-refractivity contribution in [2.45, 2.75) is 0 Å². The van der Waals surface area contributed by atoms with Crippen molar-refractivity contribution in [1.29, 1.82) is 0 Å². The zero-order valence-corrected chi connectivity index (χ0v) is 8.20. The molecule has 0 aliphatic carbocycles. The summed E-state index contributed by atoms with van der Waals surface area (Å²) in [5.74, 6) is 0. The Hall–Kier alpha value is -1.18. The summed E-state index contributed by atoms with van der Waals surface area (Å²) in [5, 5.41) is 0. The van der Waals surface area contributed by atoms with Crippen molar-refractivity contribution in [2.24, 2.45) is 0 Å². The molecule has 0 bridgehead atoms. The fraction of sp³-hybridized carbons (Fsp3) is 0.400. The molecule has 0 radical (unpaired) electrons. The maximum Gasteiger partial charge on any atom is 0.0598 e. The van der Waals surface area contributed by atoms with Gasteiger partial charge in [0.25, 0.3) is 0 Å². The lowest BCUT2D eigenvalue weighted by Crippen LogP contribution is -2.16. The van der Waals surface area contributed by atoms with E-state index in [4.69, 9.17) is 0 Å². The molecule has 12 heavy (non-hydrogen) atoms. The van der Waals surface area contributed by atoms with Gasteiger partial charge in [-0.3, -0.25) is 0 Å². The summed E-state index contributed by atoms with van der Waals surface area (Å²) in [5.41, 5.74) is 2.50. The second-order valence-electron chi connectivity index (χ2n) is 3.28. The zero-order valence-electron chi connectivity index (χ0n) is 8.20. The van der Waals surface area contributed by atoms with Crippen molar-refractivity contribution in [3.05, 3.63) is 24.3 Å². The Morgan fingerprint density at radius 2 is 1.08 bits per heavy atom. The average Bonchev–Trinajstić information content (AvgIpc) is 2.04. The Kier molecular flexibility index (Phi) is 2.58. The first-order valence-corrected chi connectivity index (χ1v) is 4.06. The number of anilines is 2. The molecule has 2 heteroatoms. The number of nitrogens with zero attached hydrogens (tertiary/aromatic N) is 2. The second-order valence-corrected chi connectivity index (χ2v) is 3.28. The first-order chi connectivity index (χ1) is 5.63. The Bertz CT molecular complexity index is 227. The van der Waals surface area contributed by atoms with Crippen molar-refractivity contribution < 1.29 is 0 Å². The number of hydrogen-bond acceptors (Lipinski definition) is 2. The highest BCUT2D eigenvalue weighted by Crippen LogP contribution is 2.25. The quantitative estimate of drug-likeness (QED) is 0.658. The van der Waals surface area contributed by atoms with E-state index in [1.165, 1.54) is 11.4 Å². The van der Waals surface area contributed by atoms with Crippen LogP contribution < -0.4 is 9.80 Å². The first-order valence-electron chi connectivity index (χ1n) is 4.06. The highest BCUT2D eigenvalue weighted by Gasteiger charge is 2.03. The minimum Gasteiger partial charge on any atom is -0.376 e. The number of para-hydroxylation sites is 2. The van der Waals surface area contributed by atoms with Gasteiger partial charge in [0.05, 0.1) is 11.4 Å². The molecule has 0 fully saturated rings. The molecule has 1 aromatic carbocycles. The van der Waals surface area contributed by atoms with Crippen molar-refractivity contribution in [3.8, 4) is 0 Å². The van der Waals surface area contributed by atoms with Gasteiger partial charge >= 0.3 is 0 Å². The van der Waals surface area contributed by atoms with Crippen LogP contribution in [-0.2, 0) is 0 Å². The summed E-state index contributed by atoms with van der Waals surface area (Å²) >= 11 is 0. The third kappa shape index (κ3) is 1.70. The molecule has 66 valence electrons. The molecule has 0 unspecified atom stereocenters. The molecule has 1 rings (SSSR count). The summed E-state index contributed by atoms with van der Waals surface area (Å²) in [6.45, 7) is 0. The van der Waals surface area contributed by atoms with Gasteiger partial charge in [0.15, 0.2) is 0 Å². The SMILES string of the molecule is CN(C)c1ccccc1N(C)C. The molecular weight excluding hydrogens is 148 g/mol. The largest absolute Gasteiger partial charge is 0.376 e. The average molecular weight is 164 g/mol. The van der Waals surface area contributed by atoms with Crippen LogP contribution in [0.4, 0.5) is 11.4 Å². The lowest BCUT2D eigenvalue weighted by molar-refractivity contribution is 1.08. The fourth-order valence-electron chi connectivity index (χ4n) is 1.22. The van der Waals surface area contributed by atoms with Crippen LogP contribution in [0, 0.1) is 0 Å². The van der Waals surface area contributed by atoms with E-state index in [0.717, 1.165) is 0 Å². The third-order valence-corrected chi connectivity index (χ3v) is 1.85. The first kappa shape index (κ1) is 8.91. The molecule has 2 nitrogen and oxygen atoms in total. The van der Waals surface area contributed by atoms with Gasteiger partial charge in [-0.25, -0.2) is 0 Å². The normalized spacial score (nSPS) is 9.67. The van der Waals surface area contributed by atoms with Crippen LogP contribution >= 0.6 is 0 Å². The second kappa shape index (κ2) is 3.48.